The van der Waals surface area contributed by atoms with Gasteiger partial charge in [-0.2, -0.15) is 4.91 Å². The van der Waals surface area contributed by atoms with Crippen molar-refractivity contribution in [3.63, 3.8) is 0 Å². The maximum Gasteiger partial charge on any atom is 0.122 e. The van der Waals surface area contributed by atoms with Gasteiger partial charge in [0.15, 0.2) is 0 Å². The normalized spacial score (nSPS) is 31.3. The molecular formula is C8H13NO2. The summed E-state index contributed by atoms with van der Waals surface area (Å²) >= 11 is 0. The molecule has 0 aromatic carbocycles. The van der Waals surface area contributed by atoms with Crippen LogP contribution in [0.25, 0.3) is 0 Å². The molecule has 0 spiro atoms. The van der Waals surface area contributed by atoms with E-state index in [4.69, 9.17) is 0 Å². The zero-order valence-electron chi connectivity index (χ0n) is 6.66. The molecule has 0 heterocycles. The molecule has 1 aliphatic rings. The van der Waals surface area contributed by atoms with Gasteiger partial charge in [0, 0.05) is 0 Å². The Labute approximate surface area is 66.1 Å². The van der Waals surface area contributed by atoms with Crippen LogP contribution in [0, 0.1) is 4.91 Å². The first-order valence-corrected chi connectivity index (χ1v) is 3.99. The van der Waals surface area contributed by atoms with Gasteiger partial charge in [0.25, 0.3) is 0 Å². The highest BCUT2D eigenvalue weighted by Crippen LogP contribution is 2.23. The van der Waals surface area contributed by atoms with Crippen molar-refractivity contribution >= 4 is 0 Å². The van der Waals surface area contributed by atoms with Gasteiger partial charge < -0.3 is 5.11 Å². The second-order valence-corrected chi connectivity index (χ2v) is 2.83. The number of nitroso groups, excluding NO2 is 1. The molecule has 0 radical (unpaired) electrons. The lowest BCUT2D eigenvalue weighted by molar-refractivity contribution is 0.165. The number of hydrogen-bond donors (Lipinski definition) is 1. The van der Waals surface area contributed by atoms with Crippen molar-refractivity contribution in [2.24, 2.45) is 5.18 Å². The van der Waals surface area contributed by atoms with E-state index >= 15 is 0 Å². The zero-order chi connectivity index (χ0) is 8.27. The van der Waals surface area contributed by atoms with Gasteiger partial charge in [0.1, 0.15) is 12.1 Å². The highest BCUT2D eigenvalue weighted by atomic mass is 16.3. The van der Waals surface area contributed by atoms with Gasteiger partial charge in [-0.15, -0.1) is 0 Å². The van der Waals surface area contributed by atoms with Gasteiger partial charge in [0.05, 0.1) is 0 Å². The van der Waals surface area contributed by atoms with Crippen LogP contribution >= 0.6 is 0 Å². The minimum atomic E-state index is -0.619. The molecule has 3 nitrogen and oxygen atoms in total. The van der Waals surface area contributed by atoms with Crippen LogP contribution in [-0.4, -0.2) is 17.3 Å². The van der Waals surface area contributed by atoms with Crippen molar-refractivity contribution in [1.29, 1.82) is 0 Å². The van der Waals surface area contributed by atoms with Crippen molar-refractivity contribution in [2.75, 3.05) is 0 Å². The summed E-state index contributed by atoms with van der Waals surface area (Å²) in [7, 11) is 0. The fourth-order valence-electron chi connectivity index (χ4n) is 1.43. The molecule has 0 bridgehead atoms. The molecule has 2 unspecified atom stereocenters. The summed E-state index contributed by atoms with van der Waals surface area (Å²) < 4.78 is 0. The van der Waals surface area contributed by atoms with Gasteiger partial charge >= 0.3 is 0 Å². The quantitative estimate of drug-likeness (QED) is 0.486. The Morgan fingerprint density at radius 2 is 2.55 bits per heavy atom. The number of allylic oxidation sites excluding steroid dienone is 1. The molecule has 0 aliphatic heterocycles. The molecule has 1 N–H and O–H groups in total. The molecule has 0 aromatic heterocycles. The van der Waals surface area contributed by atoms with Crippen LogP contribution < -0.4 is 0 Å². The summed E-state index contributed by atoms with van der Waals surface area (Å²) in [6.45, 7) is 1.97. The predicted molar refractivity (Wildman–Crippen MR) is 43.2 cm³/mol. The SMILES string of the molecule is CCC1=CCCC(N=O)C1O. The third kappa shape index (κ3) is 1.66. The number of hydrogen-bond acceptors (Lipinski definition) is 3. The predicted octanol–water partition coefficient (Wildman–Crippen LogP) is 1.61. The third-order valence-corrected chi connectivity index (χ3v) is 2.16. The van der Waals surface area contributed by atoms with Gasteiger partial charge in [0.2, 0.25) is 0 Å². The van der Waals surface area contributed by atoms with Gasteiger partial charge in [-0.3, -0.25) is 0 Å². The van der Waals surface area contributed by atoms with Crippen molar-refractivity contribution in [2.45, 2.75) is 38.3 Å². The Morgan fingerprint density at radius 3 is 3.09 bits per heavy atom. The molecule has 2 atom stereocenters. The molecule has 3 heteroatoms. The number of rotatable bonds is 2. The van der Waals surface area contributed by atoms with Gasteiger partial charge in [-0.25, -0.2) is 0 Å². The lowest BCUT2D eigenvalue weighted by atomic mass is 9.91. The fourth-order valence-corrected chi connectivity index (χ4v) is 1.43. The van der Waals surface area contributed by atoms with Gasteiger partial charge in [-0.1, -0.05) is 18.2 Å². The number of nitrogens with zero attached hydrogens (tertiary/aromatic N) is 1. The van der Waals surface area contributed by atoms with Crippen LogP contribution in [0.4, 0.5) is 0 Å². The summed E-state index contributed by atoms with van der Waals surface area (Å²) in [5, 5.41) is 12.4. The smallest absolute Gasteiger partial charge is 0.122 e. The molecule has 62 valence electrons. The first kappa shape index (κ1) is 8.40. The molecule has 1 aliphatic carbocycles. The van der Waals surface area contributed by atoms with E-state index in [1.165, 1.54) is 0 Å². The molecule has 11 heavy (non-hydrogen) atoms. The van der Waals surface area contributed by atoms with E-state index in [2.05, 4.69) is 5.18 Å². The first-order valence-electron chi connectivity index (χ1n) is 3.99. The molecule has 0 saturated heterocycles. The fraction of sp³-hybridized carbons (Fsp3) is 0.750. The largest absolute Gasteiger partial charge is 0.386 e. The lowest BCUT2D eigenvalue weighted by Gasteiger charge is -2.22. The summed E-state index contributed by atoms with van der Waals surface area (Å²) in [6, 6.07) is -0.407. The van der Waals surface area contributed by atoms with Crippen molar-refractivity contribution in [1.82, 2.24) is 0 Å². The Morgan fingerprint density at radius 1 is 1.82 bits per heavy atom. The van der Waals surface area contributed by atoms with E-state index in [-0.39, 0.29) is 0 Å². The molecule has 0 saturated carbocycles. The molecular weight excluding hydrogens is 142 g/mol. The second-order valence-electron chi connectivity index (χ2n) is 2.83. The van der Waals surface area contributed by atoms with Crippen LogP contribution in [0.3, 0.4) is 0 Å². The minimum absolute atomic E-state index is 0.407. The van der Waals surface area contributed by atoms with Crippen LogP contribution in [0.5, 0.6) is 0 Å². The van der Waals surface area contributed by atoms with Crippen LogP contribution in [0.1, 0.15) is 26.2 Å². The topological polar surface area (TPSA) is 49.7 Å². The Balaban J connectivity index is 2.67. The summed E-state index contributed by atoms with van der Waals surface area (Å²) in [4.78, 5) is 10.2. The monoisotopic (exact) mass is 155 g/mol. The molecule has 0 aromatic rings. The Bertz CT molecular complexity index is 177. The van der Waals surface area contributed by atoms with Gasteiger partial charge in [-0.05, 0) is 24.8 Å². The van der Waals surface area contributed by atoms with E-state index in [9.17, 15) is 10.0 Å². The first-order chi connectivity index (χ1) is 5.29. The van der Waals surface area contributed by atoms with Crippen LogP contribution in [0.15, 0.2) is 16.8 Å². The van der Waals surface area contributed by atoms with E-state index in [0.29, 0.717) is 6.42 Å². The van der Waals surface area contributed by atoms with Crippen molar-refractivity contribution in [3.8, 4) is 0 Å². The van der Waals surface area contributed by atoms with E-state index in [1.807, 2.05) is 13.0 Å². The summed E-state index contributed by atoms with van der Waals surface area (Å²) in [5.41, 5.74) is 0.959. The molecule has 0 fully saturated rings. The highest BCUT2D eigenvalue weighted by Gasteiger charge is 2.25. The maximum atomic E-state index is 10.2. The Hall–Kier alpha value is -0.700. The standard InChI is InChI=1S/C8H13NO2/c1-2-6-4-3-5-7(9-11)8(6)10/h4,7-8,10H,2-3,5H2,1H3. The van der Waals surface area contributed by atoms with Crippen molar-refractivity contribution in [3.05, 3.63) is 16.6 Å². The van der Waals surface area contributed by atoms with E-state index < -0.39 is 12.1 Å². The number of aliphatic hydroxyl groups is 1. The summed E-state index contributed by atoms with van der Waals surface area (Å²) in [6.07, 6.45) is 3.76. The minimum Gasteiger partial charge on any atom is -0.386 e. The Kier molecular flexibility index (Phi) is 2.76. The maximum absolute atomic E-state index is 10.2. The average Bonchev–Trinajstić information content (AvgIpc) is 2.05. The zero-order valence-corrected chi connectivity index (χ0v) is 6.66. The van der Waals surface area contributed by atoms with Crippen molar-refractivity contribution < 1.29 is 5.11 Å². The third-order valence-electron chi connectivity index (χ3n) is 2.16. The lowest BCUT2D eigenvalue weighted by Crippen LogP contribution is -2.28. The summed E-state index contributed by atoms with van der Waals surface area (Å²) in [5.74, 6) is 0. The van der Waals surface area contributed by atoms with Crippen LogP contribution in [0.2, 0.25) is 0 Å². The van der Waals surface area contributed by atoms with Crippen LogP contribution in [-0.2, 0) is 0 Å². The van der Waals surface area contributed by atoms with E-state index in [0.717, 1.165) is 18.4 Å². The number of aliphatic hydroxyl groups excluding tert-OH is 1. The molecule has 0 amide bonds. The second kappa shape index (κ2) is 3.62. The highest BCUT2D eigenvalue weighted by molar-refractivity contribution is 5.14. The average molecular weight is 155 g/mol. The molecule has 1 rings (SSSR count). The van der Waals surface area contributed by atoms with E-state index in [1.54, 1.807) is 0 Å².